The second kappa shape index (κ2) is 6.79. The van der Waals surface area contributed by atoms with Crippen molar-refractivity contribution >= 4 is 22.6 Å². The van der Waals surface area contributed by atoms with Gasteiger partial charge in [-0.05, 0) is 37.5 Å². The van der Waals surface area contributed by atoms with Gasteiger partial charge in [-0.2, -0.15) is 0 Å². The fourth-order valence-electron chi connectivity index (χ4n) is 3.17. The summed E-state index contributed by atoms with van der Waals surface area (Å²) >= 11 is 0. The Labute approximate surface area is 135 Å². The normalized spacial score (nSPS) is 18.1. The van der Waals surface area contributed by atoms with Gasteiger partial charge in [0, 0.05) is 30.2 Å². The maximum absolute atomic E-state index is 11.1. The molecule has 0 bridgehead atoms. The van der Waals surface area contributed by atoms with E-state index in [1.165, 1.54) is 6.42 Å². The first-order valence-electron chi connectivity index (χ1n) is 7.95. The molecular formula is C18H21N3O2. The minimum absolute atomic E-state index is 0.0819. The van der Waals surface area contributed by atoms with Gasteiger partial charge in [-0.1, -0.05) is 24.3 Å². The molecule has 5 heteroatoms. The van der Waals surface area contributed by atoms with Crippen LogP contribution in [0.15, 0.2) is 42.5 Å². The number of aromatic nitrogens is 1. The number of anilines is 1. The van der Waals surface area contributed by atoms with Gasteiger partial charge in [0.15, 0.2) is 0 Å². The number of rotatable bonds is 5. The number of fused-ring (bicyclic) bond motifs is 1. The summed E-state index contributed by atoms with van der Waals surface area (Å²) in [4.78, 5) is 17.7. The lowest BCUT2D eigenvalue weighted by atomic mass is 10.1. The molecule has 0 radical (unpaired) electrons. The first-order chi connectivity index (χ1) is 11.2. The second-order valence-electron chi connectivity index (χ2n) is 5.81. The molecule has 0 saturated carbocycles. The van der Waals surface area contributed by atoms with E-state index in [-0.39, 0.29) is 5.69 Å². The summed E-state index contributed by atoms with van der Waals surface area (Å²) in [6.07, 6.45) is 7.46. The molecule has 23 heavy (non-hydrogen) atoms. The number of carboxylic acids is 1. The fraction of sp³-hybridized carbons (Fsp3) is 0.333. The summed E-state index contributed by atoms with van der Waals surface area (Å²) < 4.78 is 0. The Hall–Kier alpha value is -2.40. The third kappa shape index (κ3) is 3.35. The van der Waals surface area contributed by atoms with E-state index >= 15 is 0 Å². The monoisotopic (exact) mass is 311 g/mol. The molecule has 0 amide bonds. The van der Waals surface area contributed by atoms with Crippen LogP contribution in [0.2, 0.25) is 0 Å². The van der Waals surface area contributed by atoms with E-state index in [2.05, 4.69) is 22.0 Å². The lowest BCUT2D eigenvalue weighted by molar-refractivity contribution is 0.0691. The lowest BCUT2D eigenvalue weighted by Gasteiger charge is -2.26. The third-order valence-electron chi connectivity index (χ3n) is 4.31. The van der Waals surface area contributed by atoms with Gasteiger partial charge in [0.1, 0.15) is 5.69 Å². The Balaban J connectivity index is 1.89. The van der Waals surface area contributed by atoms with E-state index in [1.807, 2.05) is 18.2 Å². The highest BCUT2D eigenvalue weighted by Gasteiger charge is 2.23. The van der Waals surface area contributed by atoms with Gasteiger partial charge < -0.3 is 15.7 Å². The van der Waals surface area contributed by atoms with Crippen LogP contribution in [-0.2, 0) is 0 Å². The van der Waals surface area contributed by atoms with Crippen LogP contribution < -0.4 is 10.6 Å². The molecule has 0 spiro atoms. The van der Waals surface area contributed by atoms with E-state index in [0.29, 0.717) is 12.6 Å². The number of nitrogens with zero attached hydrogens (tertiary/aromatic N) is 2. The highest BCUT2D eigenvalue weighted by Crippen LogP contribution is 2.29. The number of nitrogens with two attached hydrogens (primary N) is 1. The van der Waals surface area contributed by atoms with Gasteiger partial charge in [0.25, 0.3) is 0 Å². The summed E-state index contributed by atoms with van der Waals surface area (Å²) in [6.45, 7) is 1.59. The molecule has 3 N–H and O–H groups in total. The first-order valence-corrected chi connectivity index (χ1v) is 7.95. The third-order valence-corrected chi connectivity index (χ3v) is 4.31. The second-order valence-corrected chi connectivity index (χ2v) is 5.81. The summed E-state index contributed by atoms with van der Waals surface area (Å²) in [6, 6.07) is 9.91. The molecule has 1 aliphatic rings. The maximum atomic E-state index is 11.1. The summed E-state index contributed by atoms with van der Waals surface area (Å²) in [7, 11) is 0. The molecule has 2 heterocycles. The number of benzene rings is 1. The lowest BCUT2D eigenvalue weighted by Crippen LogP contribution is -2.28. The topological polar surface area (TPSA) is 79.5 Å². The van der Waals surface area contributed by atoms with Crippen molar-refractivity contribution < 1.29 is 9.90 Å². The Morgan fingerprint density at radius 3 is 2.96 bits per heavy atom. The number of aromatic carboxylic acids is 1. The predicted octanol–water partition coefficient (Wildman–Crippen LogP) is 2.81. The summed E-state index contributed by atoms with van der Waals surface area (Å²) in [5, 5.41) is 10.1. The molecule has 1 aromatic heterocycles. The highest BCUT2D eigenvalue weighted by atomic mass is 16.4. The molecule has 0 aliphatic carbocycles. The molecular weight excluding hydrogens is 290 g/mol. The van der Waals surface area contributed by atoms with Crippen LogP contribution in [-0.4, -0.2) is 35.2 Å². The molecule has 120 valence electrons. The molecule has 1 unspecified atom stereocenters. The zero-order valence-corrected chi connectivity index (χ0v) is 13.0. The van der Waals surface area contributed by atoms with Crippen molar-refractivity contribution in [3.63, 3.8) is 0 Å². The van der Waals surface area contributed by atoms with Crippen LogP contribution in [0, 0.1) is 0 Å². The van der Waals surface area contributed by atoms with E-state index < -0.39 is 5.97 Å². The molecule has 1 aliphatic heterocycles. The van der Waals surface area contributed by atoms with Gasteiger partial charge in [-0.3, -0.25) is 0 Å². The zero-order valence-electron chi connectivity index (χ0n) is 13.0. The van der Waals surface area contributed by atoms with Gasteiger partial charge in [0.2, 0.25) is 0 Å². The quantitative estimate of drug-likeness (QED) is 0.830. The van der Waals surface area contributed by atoms with Gasteiger partial charge in [-0.25, -0.2) is 9.78 Å². The average molecular weight is 311 g/mol. The molecule has 1 aromatic carbocycles. The van der Waals surface area contributed by atoms with Crippen LogP contribution in [0.1, 0.15) is 29.8 Å². The summed E-state index contributed by atoms with van der Waals surface area (Å²) in [5.41, 5.74) is 7.42. The maximum Gasteiger partial charge on any atom is 0.354 e. The molecule has 1 saturated heterocycles. The minimum Gasteiger partial charge on any atom is -0.477 e. The van der Waals surface area contributed by atoms with E-state index in [0.717, 1.165) is 36.0 Å². The zero-order chi connectivity index (χ0) is 16.2. The van der Waals surface area contributed by atoms with Crippen LogP contribution in [0.5, 0.6) is 0 Å². The van der Waals surface area contributed by atoms with Crippen molar-refractivity contribution in [3.8, 4) is 0 Å². The number of carbonyl (C=O) groups is 1. The van der Waals surface area contributed by atoms with Crippen LogP contribution in [0.25, 0.3) is 10.9 Å². The Kier molecular flexibility index (Phi) is 4.57. The van der Waals surface area contributed by atoms with Crippen LogP contribution in [0.4, 0.5) is 5.69 Å². The first kappa shape index (κ1) is 15.5. The van der Waals surface area contributed by atoms with Crippen molar-refractivity contribution in [3.05, 3.63) is 48.2 Å². The van der Waals surface area contributed by atoms with Crippen molar-refractivity contribution in [2.45, 2.75) is 25.3 Å². The Bertz CT molecular complexity index is 742. The molecule has 1 fully saturated rings. The smallest absolute Gasteiger partial charge is 0.354 e. The van der Waals surface area contributed by atoms with E-state index in [4.69, 9.17) is 10.8 Å². The number of hydrogen-bond donors (Lipinski definition) is 2. The average Bonchev–Trinajstić information content (AvgIpc) is 3.02. The molecule has 5 nitrogen and oxygen atoms in total. The number of pyridine rings is 1. The van der Waals surface area contributed by atoms with Crippen molar-refractivity contribution in [1.82, 2.24) is 4.98 Å². The Morgan fingerprint density at radius 2 is 2.17 bits per heavy atom. The van der Waals surface area contributed by atoms with Crippen molar-refractivity contribution in [1.29, 1.82) is 0 Å². The highest BCUT2D eigenvalue weighted by molar-refractivity contribution is 5.90. The summed E-state index contributed by atoms with van der Waals surface area (Å²) in [5.74, 6) is -0.997. The van der Waals surface area contributed by atoms with Crippen molar-refractivity contribution in [2.24, 2.45) is 5.73 Å². The van der Waals surface area contributed by atoms with Gasteiger partial charge >= 0.3 is 5.97 Å². The number of carboxylic acid groups (broad SMARTS) is 1. The standard InChI is InChI=1S/C18H21N3O2/c19-10-2-1-4-14-5-3-11-21(14)15-8-6-13-7-9-16(18(22)23)20-17(13)12-15/h1-2,6-9,12,14H,3-5,10-11,19H2,(H,22,23). The van der Waals surface area contributed by atoms with Crippen molar-refractivity contribution in [2.75, 3.05) is 18.0 Å². The van der Waals surface area contributed by atoms with Gasteiger partial charge in [-0.15, -0.1) is 0 Å². The van der Waals surface area contributed by atoms with E-state index in [9.17, 15) is 4.79 Å². The molecule has 3 rings (SSSR count). The predicted molar refractivity (Wildman–Crippen MR) is 91.9 cm³/mol. The van der Waals surface area contributed by atoms with Crippen LogP contribution >= 0.6 is 0 Å². The Morgan fingerprint density at radius 1 is 1.35 bits per heavy atom. The SMILES string of the molecule is NCC=CCC1CCCN1c1ccc2ccc(C(=O)O)nc2c1. The fourth-order valence-corrected chi connectivity index (χ4v) is 3.17. The minimum atomic E-state index is -0.997. The van der Waals surface area contributed by atoms with Gasteiger partial charge in [0.05, 0.1) is 5.52 Å². The van der Waals surface area contributed by atoms with E-state index in [1.54, 1.807) is 12.1 Å². The largest absolute Gasteiger partial charge is 0.477 e. The number of hydrogen-bond acceptors (Lipinski definition) is 4. The molecule has 1 atom stereocenters. The molecule has 2 aromatic rings. The van der Waals surface area contributed by atoms with Crippen LogP contribution in [0.3, 0.4) is 0 Å².